The molecule has 0 spiro atoms. The van der Waals surface area contributed by atoms with Crippen LogP contribution in [-0.4, -0.2) is 23.4 Å². The van der Waals surface area contributed by atoms with Crippen molar-refractivity contribution in [2.75, 3.05) is 13.7 Å². The van der Waals surface area contributed by atoms with Gasteiger partial charge in [-0.25, -0.2) is 0 Å². The van der Waals surface area contributed by atoms with Crippen LogP contribution >= 0.6 is 12.8 Å². The van der Waals surface area contributed by atoms with Crippen LogP contribution in [0.2, 0.25) is 6.04 Å². The van der Waals surface area contributed by atoms with Gasteiger partial charge in [-0.3, -0.25) is 4.72 Å². The van der Waals surface area contributed by atoms with Gasteiger partial charge >= 0.3 is 0 Å². The molecule has 0 aromatic carbocycles. The Balaban J connectivity index is 2.53. The van der Waals surface area contributed by atoms with E-state index in [1.165, 1.54) is 0 Å². The van der Waals surface area contributed by atoms with Crippen LogP contribution in [0.4, 0.5) is 0 Å². The Morgan fingerprint density at radius 2 is 2.50 bits per heavy atom. The van der Waals surface area contributed by atoms with Crippen LogP contribution in [0.1, 0.15) is 6.42 Å². The van der Waals surface area contributed by atoms with Crippen molar-refractivity contribution in [1.82, 2.24) is 4.72 Å². The number of rotatable bonds is 5. The molecule has 0 aliphatic carbocycles. The van der Waals surface area contributed by atoms with Crippen LogP contribution in [0.5, 0.6) is 0 Å². The number of nitrogens with one attached hydrogen (secondary N) is 1. The molecule has 0 heterocycles. The maximum absolute atomic E-state index is 4.86. The second kappa shape index (κ2) is 7.49. The Bertz CT molecular complexity index is 41.0. The molecule has 1 N–H and O–H groups in total. The molecule has 48 valence electrons. The molecule has 0 atom stereocenters. The van der Waals surface area contributed by atoms with Crippen molar-refractivity contribution in [1.29, 1.82) is 0 Å². The van der Waals surface area contributed by atoms with Crippen molar-refractivity contribution in [3.05, 3.63) is 0 Å². The summed E-state index contributed by atoms with van der Waals surface area (Å²) in [6, 6.07) is 1.14. The molecular formula is C4H11NOSSi. The van der Waals surface area contributed by atoms with Crippen molar-refractivity contribution in [3.8, 4) is 0 Å². The van der Waals surface area contributed by atoms with Crippen molar-refractivity contribution in [2.45, 2.75) is 12.5 Å². The molecule has 0 aromatic heterocycles. The van der Waals surface area contributed by atoms with Gasteiger partial charge in [0.2, 0.25) is 9.76 Å². The third-order valence-corrected chi connectivity index (χ3v) is 1.78. The van der Waals surface area contributed by atoms with Gasteiger partial charge in [0, 0.05) is 13.7 Å². The summed E-state index contributed by atoms with van der Waals surface area (Å²) in [6.45, 7) is 0.972. The first-order chi connectivity index (χ1) is 3.91. The summed E-state index contributed by atoms with van der Waals surface area (Å²) in [5.74, 6) is 0. The Morgan fingerprint density at radius 3 is 3.00 bits per heavy atom. The van der Waals surface area contributed by atoms with Crippen LogP contribution in [0.15, 0.2) is 0 Å². The van der Waals surface area contributed by atoms with Gasteiger partial charge in [0.05, 0.1) is 0 Å². The molecule has 2 nitrogen and oxygen atoms in total. The lowest BCUT2D eigenvalue weighted by molar-refractivity contribution is 0.439. The molecule has 0 aliphatic rings. The average molecular weight is 149 g/mol. The molecule has 0 rings (SSSR count). The zero-order chi connectivity index (χ0) is 6.24. The standard InChI is InChI=1S/C4H11NOSSi/c1-6-8-4-2-3-5-7/h5,7H,2-4H2,1H3. The lowest BCUT2D eigenvalue weighted by atomic mass is 10.5. The zero-order valence-electron chi connectivity index (χ0n) is 4.98. The minimum Gasteiger partial charge on any atom is -0.421 e. The minimum absolute atomic E-state index is 0.651. The van der Waals surface area contributed by atoms with Crippen LogP contribution in [-0.2, 0) is 4.43 Å². The van der Waals surface area contributed by atoms with Gasteiger partial charge in [-0.1, -0.05) is 12.8 Å². The first-order valence-corrected chi connectivity index (χ1v) is 4.11. The van der Waals surface area contributed by atoms with Gasteiger partial charge in [-0.2, -0.15) is 0 Å². The Morgan fingerprint density at radius 1 is 1.75 bits per heavy atom. The molecule has 8 heavy (non-hydrogen) atoms. The molecule has 0 bridgehead atoms. The van der Waals surface area contributed by atoms with E-state index in [2.05, 4.69) is 17.5 Å². The largest absolute Gasteiger partial charge is 0.421 e. The van der Waals surface area contributed by atoms with Gasteiger partial charge in [0.25, 0.3) is 0 Å². The van der Waals surface area contributed by atoms with E-state index in [0.29, 0.717) is 9.76 Å². The van der Waals surface area contributed by atoms with E-state index in [0.717, 1.165) is 19.0 Å². The second-order valence-electron chi connectivity index (χ2n) is 1.36. The quantitative estimate of drug-likeness (QED) is 0.337. The zero-order valence-corrected chi connectivity index (χ0v) is 6.87. The second-order valence-corrected chi connectivity index (χ2v) is 2.87. The van der Waals surface area contributed by atoms with Gasteiger partial charge in [0.1, 0.15) is 0 Å². The molecule has 2 radical (unpaired) electrons. The lowest BCUT2D eigenvalue weighted by Gasteiger charge is -1.94. The molecule has 0 amide bonds. The first-order valence-electron chi connectivity index (χ1n) is 2.54. The van der Waals surface area contributed by atoms with Crippen LogP contribution in [0, 0.1) is 0 Å². The van der Waals surface area contributed by atoms with Crippen molar-refractivity contribution in [2.24, 2.45) is 0 Å². The highest BCUT2D eigenvalue weighted by atomic mass is 32.1. The summed E-state index contributed by atoms with van der Waals surface area (Å²) in [5.41, 5.74) is 0. The molecule has 4 heteroatoms. The lowest BCUT2D eigenvalue weighted by Crippen LogP contribution is -2.02. The molecule has 0 aromatic rings. The van der Waals surface area contributed by atoms with Gasteiger partial charge in [-0.05, 0) is 12.5 Å². The van der Waals surface area contributed by atoms with Gasteiger partial charge in [-0.15, -0.1) is 0 Å². The fraction of sp³-hybridized carbons (Fsp3) is 1.00. The van der Waals surface area contributed by atoms with E-state index >= 15 is 0 Å². The van der Waals surface area contributed by atoms with Gasteiger partial charge in [0.15, 0.2) is 0 Å². The van der Waals surface area contributed by atoms with E-state index in [9.17, 15) is 0 Å². The smallest absolute Gasteiger partial charge is 0.229 e. The fourth-order valence-corrected chi connectivity index (χ4v) is 1.03. The highest BCUT2D eigenvalue weighted by Gasteiger charge is 1.86. The SMILES string of the molecule is CO[Si]CCCNS. The van der Waals surface area contributed by atoms with E-state index in [1.807, 2.05) is 0 Å². The van der Waals surface area contributed by atoms with Crippen molar-refractivity contribution in [3.63, 3.8) is 0 Å². The first kappa shape index (κ1) is 8.49. The fourth-order valence-electron chi connectivity index (χ4n) is 0.342. The third-order valence-electron chi connectivity index (χ3n) is 0.712. The summed E-state index contributed by atoms with van der Waals surface area (Å²) in [7, 11) is 2.38. The molecule has 0 saturated carbocycles. The van der Waals surface area contributed by atoms with E-state index < -0.39 is 0 Å². The van der Waals surface area contributed by atoms with Crippen molar-refractivity contribution >= 4 is 22.6 Å². The number of hydrogen-bond donors (Lipinski definition) is 2. The highest BCUT2D eigenvalue weighted by molar-refractivity contribution is 7.78. The summed E-state index contributed by atoms with van der Waals surface area (Å²) in [6.07, 6.45) is 1.15. The molecule has 0 saturated heterocycles. The van der Waals surface area contributed by atoms with E-state index in [1.54, 1.807) is 7.11 Å². The van der Waals surface area contributed by atoms with Crippen LogP contribution in [0.25, 0.3) is 0 Å². The molecule has 0 fully saturated rings. The topological polar surface area (TPSA) is 21.3 Å². The number of thiol groups is 1. The number of hydrogen-bond acceptors (Lipinski definition) is 3. The van der Waals surface area contributed by atoms with Crippen molar-refractivity contribution < 1.29 is 4.43 Å². The summed E-state index contributed by atoms with van der Waals surface area (Å²) >= 11 is 3.84. The molecule has 0 unspecified atom stereocenters. The van der Waals surface area contributed by atoms with Crippen LogP contribution < -0.4 is 4.72 Å². The average Bonchev–Trinajstić information content (AvgIpc) is 1.81. The monoisotopic (exact) mass is 149 g/mol. The summed E-state index contributed by atoms with van der Waals surface area (Å²) < 4.78 is 7.63. The normalized spacial score (nSPS) is 9.75. The van der Waals surface area contributed by atoms with E-state index in [4.69, 9.17) is 4.43 Å². The summed E-state index contributed by atoms with van der Waals surface area (Å²) in [4.78, 5) is 0. The maximum atomic E-state index is 4.86. The summed E-state index contributed by atoms with van der Waals surface area (Å²) in [5, 5.41) is 0. The highest BCUT2D eigenvalue weighted by Crippen LogP contribution is 1.85. The minimum atomic E-state index is 0.651. The van der Waals surface area contributed by atoms with E-state index in [-0.39, 0.29) is 0 Å². The Labute approximate surface area is 58.5 Å². The third kappa shape index (κ3) is 6.49. The Kier molecular flexibility index (Phi) is 7.94. The van der Waals surface area contributed by atoms with Gasteiger partial charge < -0.3 is 4.43 Å². The molecule has 0 aliphatic heterocycles. The molecular weight excluding hydrogens is 138 g/mol. The Hall–Kier alpha value is 0.487. The predicted molar refractivity (Wildman–Crippen MR) is 39.2 cm³/mol. The van der Waals surface area contributed by atoms with Crippen LogP contribution in [0.3, 0.4) is 0 Å². The maximum Gasteiger partial charge on any atom is 0.229 e. The predicted octanol–water partition coefficient (Wildman–Crippen LogP) is 0.495.